The minimum atomic E-state index is 0.115. The molecule has 1 saturated heterocycles. The first-order valence-electron chi connectivity index (χ1n) is 6.79. The lowest BCUT2D eigenvalue weighted by Crippen LogP contribution is -2.38. The molecule has 5 nitrogen and oxygen atoms in total. The summed E-state index contributed by atoms with van der Waals surface area (Å²) in [5.41, 5.74) is 0. The average Bonchev–Trinajstić information content (AvgIpc) is 3.07. The van der Waals surface area contributed by atoms with Crippen LogP contribution in [0.5, 0.6) is 0 Å². The van der Waals surface area contributed by atoms with E-state index in [9.17, 15) is 4.79 Å². The van der Waals surface area contributed by atoms with E-state index in [4.69, 9.17) is 4.52 Å². The highest BCUT2D eigenvalue weighted by Gasteiger charge is 2.29. The molecule has 3 heterocycles. The molecule has 1 atom stereocenters. The van der Waals surface area contributed by atoms with Gasteiger partial charge in [-0.25, -0.2) is 0 Å². The summed E-state index contributed by atoms with van der Waals surface area (Å²) >= 11 is 1.55. The number of carbonyl (C=O) groups is 1. The fourth-order valence-corrected chi connectivity index (χ4v) is 3.38. The van der Waals surface area contributed by atoms with Gasteiger partial charge in [-0.1, -0.05) is 5.16 Å². The summed E-state index contributed by atoms with van der Waals surface area (Å²) in [6, 6.07) is 3.89. The van der Waals surface area contributed by atoms with E-state index in [1.165, 1.54) is 0 Å². The number of likely N-dealkylation sites (tertiary alicyclic amines) is 1. The van der Waals surface area contributed by atoms with Crippen molar-refractivity contribution in [2.24, 2.45) is 0 Å². The van der Waals surface area contributed by atoms with Crippen molar-refractivity contribution in [2.75, 3.05) is 13.1 Å². The van der Waals surface area contributed by atoms with Crippen molar-refractivity contribution in [1.29, 1.82) is 0 Å². The van der Waals surface area contributed by atoms with Gasteiger partial charge >= 0.3 is 0 Å². The zero-order valence-corrected chi connectivity index (χ0v) is 12.4. The van der Waals surface area contributed by atoms with Crippen LogP contribution in [0.15, 0.2) is 16.7 Å². The zero-order chi connectivity index (χ0) is 14.1. The van der Waals surface area contributed by atoms with Crippen LogP contribution in [-0.4, -0.2) is 34.0 Å². The summed E-state index contributed by atoms with van der Waals surface area (Å²) in [5.74, 6) is 1.58. The summed E-state index contributed by atoms with van der Waals surface area (Å²) in [4.78, 5) is 20.6. The number of hydrogen-bond donors (Lipinski definition) is 0. The summed E-state index contributed by atoms with van der Waals surface area (Å²) in [6.45, 7) is 5.30. The fraction of sp³-hybridized carbons (Fsp3) is 0.500. The Morgan fingerprint density at radius 3 is 2.95 bits per heavy atom. The maximum atomic E-state index is 12.5. The topological polar surface area (TPSA) is 59.2 Å². The summed E-state index contributed by atoms with van der Waals surface area (Å²) in [5, 5.41) is 3.84. The molecule has 0 N–H and O–H groups in total. The standard InChI is InChI=1S/C14H17N3O2S/c1-9-5-6-12(20-9)14(18)17-7-3-4-11(8-17)13-15-10(2)16-19-13/h5-6,11H,3-4,7-8H2,1-2H3/t11-/m0/s1. The zero-order valence-electron chi connectivity index (χ0n) is 11.6. The van der Waals surface area contributed by atoms with Crippen LogP contribution in [0.1, 0.15) is 45.0 Å². The van der Waals surface area contributed by atoms with Gasteiger partial charge in [0.1, 0.15) is 0 Å². The highest BCUT2D eigenvalue weighted by molar-refractivity contribution is 7.13. The molecule has 0 spiro atoms. The van der Waals surface area contributed by atoms with Gasteiger partial charge in [0.05, 0.1) is 10.8 Å². The van der Waals surface area contributed by atoms with Crippen molar-refractivity contribution in [1.82, 2.24) is 15.0 Å². The molecule has 6 heteroatoms. The number of thiophene rings is 1. The van der Waals surface area contributed by atoms with E-state index in [-0.39, 0.29) is 11.8 Å². The predicted octanol–water partition coefficient (Wildman–Crippen LogP) is 2.77. The lowest BCUT2D eigenvalue weighted by molar-refractivity contribution is 0.0700. The second kappa shape index (κ2) is 5.36. The van der Waals surface area contributed by atoms with Gasteiger partial charge in [0.15, 0.2) is 5.82 Å². The number of rotatable bonds is 2. The SMILES string of the molecule is Cc1noc([C@H]2CCCN(C(=O)c3ccc(C)s3)C2)n1. The van der Waals surface area contributed by atoms with Gasteiger partial charge in [-0.05, 0) is 38.8 Å². The Bertz CT molecular complexity index is 619. The van der Waals surface area contributed by atoms with Crippen molar-refractivity contribution >= 4 is 17.2 Å². The van der Waals surface area contributed by atoms with Crippen LogP contribution in [0.2, 0.25) is 0 Å². The second-order valence-electron chi connectivity index (χ2n) is 5.18. The van der Waals surface area contributed by atoms with Gasteiger partial charge in [-0.2, -0.15) is 4.98 Å². The van der Waals surface area contributed by atoms with Crippen LogP contribution < -0.4 is 0 Å². The maximum Gasteiger partial charge on any atom is 0.263 e. The van der Waals surface area contributed by atoms with E-state index in [1.54, 1.807) is 11.3 Å². The number of aryl methyl sites for hydroxylation is 2. The Kier molecular flexibility index (Phi) is 3.56. The molecular formula is C14H17N3O2S. The number of carbonyl (C=O) groups excluding carboxylic acids is 1. The summed E-state index contributed by atoms with van der Waals surface area (Å²) < 4.78 is 5.25. The third-order valence-corrected chi connectivity index (χ3v) is 4.54. The van der Waals surface area contributed by atoms with E-state index >= 15 is 0 Å². The lowest BCUT2D eigenvalue weighted by atomic mass is 9.98. The molecule has 0 saturated carbocycles. The molecule has 20 heavy (non-hydrogen) atoms. The fourth-order valence-electron chi connectivity index (χ4n) is 2.55. The highest BCUT2D eigenvalue weighted by atomic mass is 32.1. The molecule has 2 aromatic rings. The third kappa shape index (κ3) is 2.60. The van der Waals surface area contributed by atoms with Gasteiger partial charge < -0.3 is 9.42 Å². The maximum absolute atomic E-state index is 12.5. The quantitative estimate of drug-likeness (QED) is 0.853. The molecule has 1 aliphatic rings. The van der Waals surface area contributed by atoms with Crippen LogP contribution in [0, 0.1) is 13.8 Å². The van der Waals surface area contributed by atoms with E-state index < -0.39 is 0 Å². The monoisotopic (exact) mass is 291 g/mol. The molecule has 0 unspecified atom stereocenters. The number of aromatic nitrogens is 2. The normalized spacial score (nSPS) is 19.3. The van der Waals surface area contributed by atoms with Crippen molar-refractivity contribution < 1.29 is 9.32 Å². The molecule has 0 bridgehead atoms. The van der Waals surface area contributed by atoms with E-state index in [2.05, 4.69) is 10.1 Å². The van der Waals surface area contributed by atoms with Gasteiger partial charge in [0.2, 0.25) is 5.89 Å². The molecule has 0 aliphatic carbocycles. The van der Waals surface area contributed by atoms with Gasteiger partial charge in [-0.3, -0.25) is 4.79 Å². The van der Waals surface area contributed by atoms with E-state index in [0.29, 0.717) is 18.3 Å². The first-order valence-corrected chi connectivity index (χ1v) is 7.61. The predicted molar refractivity (Wildman–Crippen MR) is 76.0 cm³/mol. The molecular weight excluding hydrogens is 274 g/mol. The largest absolute Gasteiger partial charge is 0.339 e. The second-order valence-corrected chi connectivity index (χ2v) is 6.47. The molecule has 0 aromatic carbocycles. The van der Waals surface area contributed by atoms with Gasteiger partial charge in [0, 0.05) is 18.0 Å². The first kappa shape index (κ1) is 13.3. The first-order chi connectivity index (χ1) is 9.63. The van der Waals surface area contributed by atoms with Crippen LogP contribution in [0.3, 0.4) is 0 Å². The summed E-state index contributed by atoms with van der Waals surface area (Å²) in [7, 11) is 0. The number of amides is 1. The molecule has 3 rings (SSSR count). The number of piperidine rings is 1. The third-order valence-electron chi connectivity index (χ3n) is 3.55. The Labute approximate surface area is 121 Å². The minimum absolute atomic E-state index is 0.115. The molecule has 1 amide bonds. The minimum Gasteiger partial charge on any atom is -0.339 e. The van der Waals surface area contributed by atoms with Crippen LogP contribution in [0.25, 0.3) is 0 Å². The van der Waals surface area contributed by atoms with E-state index in [0.717, 1.165) is 29.1 Å². The highest BCUT2D eigenvalue weighted by Crippen LogP contribution is 2.27. The van der Waals surface area contributed by atoms with Gasteiger partial charge in [0.25, 0.3) is 5.91 Å². The Morgan fingerprint density at radius 1 is 1.45 bits per heavy atom. The van der Waals surface area contributed by atoms with Crippen molar-refractivity contribution in [3.8, 4) is 0 Å². The van der Waals surface area contributed by atoms with Gasteiger partial charge in [-0.15, -0.1) is 11.3 Å². The molecule has 0 radical (unpaired) electrons. The average molecular weight is 291 g/mol. The van der Waals surface area contributed by atoms with Crippen molar-refractivity contribution in [3.05, 3.63) is 33.6 Å². The Balaban J connectivity index is 1.73. The van der Waals surface area contributed by atoms with Crippen molar-refractivity contribution in [3.63, 3.8) is 0 Å². The lowest BCUT2D eigenvalue weighted by Gasteiger charge is -2.30. The summed E-state index contributed by atoms with van der Waals surface area (Å²) in [6.07, 6.45) is 1.97. The van der Waals surface area contributed by atoms with Crippen LogP contribution in [-0.2, 0) is 0 Å². The van der Waals surface area contributed by atoms with Crippen LogP contribution >= 0.6 is 11.3 Å². The van der Waals surface area contributed by atoms with Crippen LogP contribution in [0.4, 0.5) is 0 Å². The Hall–Kier alpha value is -1.69. The number of nitrogens with zero attached hydrogens (tertiary/aromatic N) is 3. The molecule has 1 aliphatic heterocycles. The molecule has 2 aromatic heterocycles. The smallest absolute Gasteiger partial charge is 0.263 e. The van der Waals surface area contributed by atoms with Crippen molar-refractivity contribution in [2.45, 2.75) is 32.6 Å². The number of hydrogen-bond acceptors (Lipinski definition) is 5. The van der Waals surface area contributed by atoms with E-state index in [1.807, 2.05) is 30.9 Å². The Morgan fingerprint density at radius 2 is 2.30 bits per heavy atom. The molecule has 1 fully saturated rings. The molecule has 106 valence electrons.